The highest BCUT2D eigenvalue weighted by Gasteiger charge is 2.27. The molecular formula is C19H23N5O. The van der Waals surface area contributed by atoms with Crippen molar-refractivity contribution < 1.29 is 5.11 Å². The summed E-state index contributed by atoms with van der Waals surface area (Å²) in [7, 11) is 0. The minimum atomic E-state index is -0.453. The number of H-pyrrole nitrogens is 1. The Bertz CT molecular complexity index is 834. The maximum atomic E-state index is 10.5. The summed E-state index contributed by atoms with van der Waals surface area (Å²) in [5.41, 5.74) is 1.85. The van der Waals surface area contributed by atoms with E-state index in [0.29, 0.717) is 12.6 Å². The summed E-state index contributed by atoms with van der Waals surface area (Å²) < 4.78 is 0. The fraction of sp³-hybridized carbons (Fsp3) is 0.368. The number of fused-ring (bicyclic) bond motifs is 1. The van der Waals surface area contributed by atoms with Crippen LogP contribution in [0.25, 0.3) is 11.0 Å². The number of aliphatic hydroxyl groups excluding tert-OH is 1. The van der Waals surface area contributed by atoms with Crippen molar-refractivity contribution in [1.29, 1.82) is 0 Å². The lowest BCUT2D eigenvalue weighted by molar-refractivity contribution is 0.0849. The Labute approximate surface area is 147 Å². The summed E-state index contributed by atoms with van der Waals surface area (Å²) in [6.07, 6.45) is 3.06. The number of anilines is 1. The molecule has 6 heteroatoms. The van der Waals surface area contributed by atoms with Gasteiger partial charge in [0.1, 0.15) is 17.8 Å². The number of rotatable bonds is 4. The number of β-amino-alcohol motifs (C(OH)–C–C–N with tert-alkyl or cyclic N) is 1. The first-order valence-corrected chi connectivity index (χ1v) is 8.72. The number of hydrogen-bond donors (Lipinski definition) is 2. The number of aromatic amines is 1. The van der Waals surface area contributed by atoms with Crippen LogP contribution >= 0.6 is 0 Å². The van der Waals surface area contributed by atoms with Gasteiger partial charge in [0.25, 0.3) is 0 Å². The van der Waals surface area contributed by atoms with Crippen LogP contribution in [0.2, 0.25) is 0 Å². The van der Waals surface area contributed by atoms with Crippen LogP contribution in [0.4, 0.5) is 5.82 Å². The van der Waals surface area contributed by atoms with Crippen molar-refractivity contribution >= 4 is 16.9 Å². The van der Waals surface area contributed by atoms with E-state index in [1.54, 1.807) is 6.33 Å². The van der Waals surface area contributed by atoms with Gasteiger partial charge in [-0.2, -0.15) is 0 Å². The van der Waals surface area contributed by atoms with E-state index in [4.69, 9.17) is 0 Å². The van der Waals surface area contributed by atoms with Crippen LogP contribution in [0, 0.1) is 0 Å². The minimum Gasteiger partial charge on any atom is -0.387 e. The Morgan fingerprint density at radius 1 is 1.20 bits per heavy atom. The number of piperazine rings is 1. The third-order valence-corrected chi connectivity index (χ3v) is 4.99. The predicted octanol–water partition coefficient (Wildman–Crippen LogP) is 2.20. The van der Waals surface area contributed by atoms with Crippen molar-refractivity contribution in [3.05, 3.63) is 54.5 Å². The van der Waals surface area contributed by atoms with Crippen molar-refractivity contribution in [2.75, 3.05) is 31.1 Å². The van der Waals surface area contributed by atoms with Gasteiger partial charge in [0, 0.05) is 38.4 Å². The predicted molar refractivity (Wildman–Crippen MR) is 98.5 cm³/mol. The molecule has 3 aromatic rings. The standard InChI is InChI=1S/C19H23N5O/c1-14-11-24(19-16-7-8-20-18(16)21-13-22-19)10-9-23(14)12-17(25)15-5-3-2-4-6-15/h2-8,13-14,17,25H,9-12H2,1H3,(H,20,21,22)/t14-,17+/m0/s1. The highest BCUT2D eigenvalue weighted by atomic mass is 16.3. The fourth-order valence-electron chi connectivity index (χ4n) is 3.57. The van der Waals surface area contributed by atoms with Gasteiger partial charge in [-0.1, -0.05) is 30.3 Å². The smallest absolute Gasteiger partial charge is 0.142 e. The van der Waals surface area contributed by atoms with Crippen LogP contribution in [0.15, 0.2) is 48.9 Å². The van der Waals surface area contributed by atoms with E-state index in [-0.39, 0.29) is 0 Å². The molecule has 0 amide bonds. The van der Waals surface area contributed by atoms with Gasteiger partial charge in [-0.05, 0) is 18.6 Å². The summed E-state index contributed by atoms with van der Waals surface area (Å²) >= 11 is 0. The van der Waals surface area contributed by atoms with E-state index in [2.05, 4.69) is 31.7 Å². The third kappa shape index (κ3) is 3.23. The summed E-state index contributed by atoms with van der Waals surface area (Å²) in [6.45, 7) is 5.55. The van der Waals surface area contributed by atoms with Crippen molar-refractivity contribution in [3.63, 3.8) is 0 Å². The first-order valence-electron chi connectivity index (χ1n) is 8.72. The average Bonchev–Trinajstić information content (AvgIpc) is 3.13. The van der Waals surface area contributed by atoms with Gasteiger partial charge < -0.3 is 15.0 Å². The Morgan fingerprint density at radius 3 is 2.84 bits per heavy atom. The molecule has 4 rings (SSSR count). The molecule has 0 unspecified atom stereocenters. The van der Waals surface area contributed by atoms with E-state index < -0.39 is 6.10 Å². The van der Waals surface area contributed by atoms with Crippen LogP contribution in [0.1, 0.15) is 18.6 Å². The van der Waals surface area contributed by atoms with Crippen molar-refractivity contribution in [2.45, 2.75) is 19.1 Å². The summed E-state index contributed by atoms with van der Waals surface area (Å²) in [4.78, 5) is 16.6. The maximum Gasteiger partial charge on any atom is 0.142 e. The van der Waals surface area contributed by atoms with Gasteiger partial charge in [0.15, 0.2) is 0 Å². The van der Waals surface area contributed by atoms with E-state index in [9.17, 15) is 5.11 Å². The second-order valence-electron chi connectivity index (χ2n) is 6.65. The lowest BCUT2D eigenvalue weighted by Gasteiger charge is -2.41. The van der Waals surface area contributed by atoms with Crippen LogP contribution in [-0.4, -0.2) is 57.2 Å². The van der Waals surface area contributed by atoms with Gasteiger partial charge in [0.2, 0.25) is 0 Å². The van der Waals surface area contributed by atoms with Crippen molar-refractivity contribution in [3.8, 4) is 0 Å². The first kappa shape index (κ1) is 16.1. The molecule has 25 heavy (non-hydrogen) atoms. The van der Waals surface area contributed by atoms with Crippen molar-refractivity contribution in [2.24, 2.45) is 0 Å². The van der Waals surface area contributed by atoms with Crippen LogP contribution < -0.4 is 4.90 Å². The Hall–Kier alpha value is -2.44. The molecule has 1 aliphatic heterocycles. The Kier molecular flexibility index (Phi) is 4.38. The molecule has 2 N–H and O–H groups in total. The SMILES string of the molecule is C[C@H]1CN(c2ncnc3[nH]ccc23)CCN1C[C@@H](O)c1ccccc1. The number of nitrogens with one attached hydrogen (secondary N) is 1. The van der Waals surface area contributed by atoms with Crippen LogP contribution in [0.5, 0.6) is 0 Å². The van der Waals surface area contributed by atoms with Crippen molar-refractivity contribution in [1.82, 2.24) is 19.9 Å². The quantitative estimate of drug-likeness (QED) is 0.764. The van der Waals surface area contributed by atoms with Gasteiger partial charge >= 0.3 is 0 Å². The number of nitrogens with zero attached hydrogens (tertiary/aromatic N) is 4. The molecule has 1 saturated heterocycles. The monoisotopic (exact) mass is 337 g/mol. The molecule has 2 aromatic heterocycles. The minimum absolute atomic E-state index is 0.344. The summed E-state index contributed by atoms with van der Waals surface area (Å²) in [5, 5.41) is 11.6. The van der Waals surface area contributed by atoms with E-state index >= 15 is 0 Å². The largest absolute Gasteiger partial charge is 0.387 e. The van der Waals surface area contributed by atoms with Crippen LogP contribution in [0.3, 0.4) is 0 Å². The summed E-state index contributed by atoms with van der Waals surface area (Å²) in [6, 6.07) is 12.2. The number of benzene rings is 1. The molecule has 3 heterocycles. The molecule has 1 aliphatic rings. The molecule has 1 aromatic carbocycles. The van der Waals surface area contributed by atoms with E-state index in [1.165, 1.54) is 0 Å². The zero-order chi connectivity index (χ0) is 17.2. The molecule has 0 aliphatic carbocycles. The maximum absolute atomic E-state index is 10.5. The normalized spacial score (nSPS) is 20.1. The Morgan fingerprint density at radius 2 is 2.04 bits per heavy atom. The average molecular weight is 337 g/mol. The first-order chi connectivity index (χ1) is 12.2. The highest BCUT2D eigenvalue weighted by molar-refractivity contribution is 5.87. The van der Waals surface area contributed by atoms with Gasteiger partial charge in [-0.15, -0.1) is 0 Å². The molecule has 0 saturated carbocycles. The second-order valence-corrected chi connectivity index (χ2v) is 6.65. The zero-order valence-corrected chi connectivity index (χ0v) is 14.3. The highest BCUT2D eigenvalue weighted by Crippen LogP contribution is 2.25. The molecule has 6 nitrogen and oxygen atoms in total. The molecule has 2 atom stereocenters. The zero-order valence-electron chi connectivity index (χ0n) is 14.3. The molecular weight excluding hydrogens is 314 g/mol. The topological polar surface area (TPSA) is 68.3 Å². The van der Waals surface area contributed by atoms with Gasteiger partial charge in [-0.25, -0.2) is 9.97 Å². The fourth-order valence-corrected chi connectivity index (χ4v) is 3.57. The lowest BCUT2D eigenvalue weighted by Crippen LogP contribution is -2.53. The number of hydrogen-bond acceptors (Lipinski definition) is 5. The van der Waals surface area contributed by atoms with Crippen LogP contribution in [-0.2, 0) is 0 Å². The van der Waals surface area contributed by atoms with Gasteiger partial charge in [-0.3, -0.25) is 4.90 Å². The number of aliphatic hydroxyl groups is 1. The van der Waals surface area contributed by atoms with E-state index in [1.807, 2.05) is 42.6 Å². The summed E-state index contributed by atoms with van der Waals surface area (Å²) in [5.74, 6) is 0.987. The third-order valence-electron chi connectivity index (χ3n) is 4.99. The lowest BCUT2D eigenvalue weighted by atomic mass is 10.1. The Balaban J connectivity index is 1.45. The number of aromatic nitrogens is 3. The molecule has 0 spiro atoms. The van der Waals surface area contributed by atoms with E-state index in [0.717, 1.165) is 42.0 Å². The second kappa shape index (κ2) is 6.82. The van der Waals surface area contributed by atoms with Gasteiger partial charge in [0.05, 0.1) is 11.5 Å². The molecule has 0 bridgehead atoms. The molecule has 0 radical (unpaired) electrons. The molecule has 130 valence electrons. The molecule has 1 fully saturated rings.